The van der Waals surface area contributed by atoms with E-state index in [-0.39, 0.29) is 5.91 Å². The maximum Gasteiger partial charge on any atom is 0.240 e. The van der Waals surface area contributed by atoms with Gasteiger partial charge in [-0.15, -0.1) is 0 Å². The van der Waals surface area contributed by atoms with Crippen molar-refractivity contribution in [2.24, 2.45) is 0 Å². The Morgan fingerprint density at radius 2 is 2.06 bits per heavy atom. The average molecular weight is 250 g/mol. The zero-order valence-corrected chi connectivity index (χ0v) is 10.7. The van der Waals surface area contributed by atoms with Gasteiger partial charge in [-0.05, 0) is 19.2 Å². The topological polar surface area (TPSA) is 50.8 Å². The molecule has 0 saturated heterocycles. The number of rotatable bonds is 3. The van der Waals surface area contributed by atoms with E-state index in [1.807, 2.05) is 18.2 Å². The Labute approximate surface area is 107 Å². The molecule has 5 nitrogen and oxygen atoms in total. The van der Waals surface area contributed by atoms with Crippen LogP contribution in [-0.2, 0) is 4.79 Å². The molecule has 98 valence electrons. The Morgan fingerprint density at radius 3 is 2.78 bits per heavy atom. The van der Waals surface area contributed by atoms with E-state index < -0.39 is 0 Å². The van der Waals surface area contributed by atoms with Gasteiger partial charge < -0.3 is 19.7 Å². The zero-order valence-electron chi connectivity index (χ0n) is 10.7. The summed E-state index contributed by atoms with van der Waals surface area (Å²) in [5, 5.41) is 2.84. The van der Waals surface area contributed by atoms with Crippen molar-refractivity contribution in [2.45, 2.75) is 6.42 Å². The van der Waals surface area contributed by atoms with Gasteiger partial charge in [-0.2, -0.15) is 0 Å². The van der Waals surface area contributed by atoms with Crippen molar-refractivity contribution in [3.63, 3.8) is 0 Å². The van der Waals surface area contributed by atoms with Gasteiger partial charge in [0.2, 0.25) is 5.91 Å². The molecule has 0 unspecified atom stereocenters. The van der Waals surface area contributed by atoms with Gasteiger partial charge in [0.15, 0.2) is 11.5 Å². The van der Waals surface area contributed by atoms with Gasteiger partial charge in [-0.1, -0.05) is 0 Å². The quantitative estimate of drug-likeness (QED) is 0.870. The molecule has 2 rings (SSSR count). The summed E-state index contributed by atoms with van der Waals surface area (Å²) < 4.78 is 11.2. The first-order valence-corrected chi connectivity index (χ1v) is 6.03. The first kappa shape index (κ1) is 12.7. The van der Waals surface area contributed by atoms with Crippen molar-refractivity contribution in [1.82, 2.24) is 5.32 Å². The fourth-order valence-electron chi connectivity index (χ4n) is 1.77. The Balaban J connectivity index is 2.19. The molecule has 1 aliphatic rings. The van der Waals surface area contributed by atoms with Gasteiger partial charge in [0.05, 0.1) is 19.8 Å². The predicted octanol–water partition coefficient (Wildman–Crippen LogP) is 1.03. The molecule has 1 amide bonds. The van der Waals surface area contributed by atoms with Crippen LogP contribution in [0.4, 0.5) is 5.69 Å². The summed E-state index contributed by atoms with van der Waals surface area (Å²) in [6, 6.07) is 5.55. The monoisotopic (exact) mass is 250 g/mol. The highest BCUT2D eigenvalue weighted by atomic mass is 16.5. The summed E-state index contributed by atoms with van der Waals surface area (Å²) in [5.74, 6) is 1.45. The van der Waals surface area contributed by atoms with Gasteiger partial charge in [-0.3, -0.25) is 4.79 Å². The number of hydrogen-bond donors (Lipinski definition) is 1. The molecule has 0 aliphatic carbocycles. The van der Waals surface area contributed by atoms with Crippen LogP contribution in [0.3, 0.4) is 0 Å². The molecule has 1 aliphatic heterocycles. The number of carbonyl (C=O) groups is 1. The molecule has 0 aromatic heterocycles. The molecule has 1 aromatic rings. The number of fused-ring (bicyclic) bond motifs is 1. The van der Waals surface area contributed by atoms with E-state index in [0.29, 0.717) is 25.5 Å². The molecule has 18 heavy (non-hydrogen) atoms. The van der Waals surface area contributed by atoms with Crippen molar-refractivity contribution in [3.8, 4) is 11.5 Å². The van der Waals surface area contributed by atoms with Gasteiger partial charge in [0.25, 0.3) is 0 Å². The van der Waals surface area contributed by atoms with Crippen molar-refractivity contribution in [3.05, 3.63) is 18.2 Å². The molecule has 0 radical (unpaired) electrons. The lowest BCUT2D eigenvalue weighted by molar-refractivity contribution is -0.117. The molecule has 0 atom stereocenters. The van der Waals surface area contributed by atoms with E-state index >= 15 is 0 Å². The SMILES string of the molecule is CNCC(=O)N(C)c1ccc2c(c1)OCCCO2. The normalized spacial score (nSPS) is 13.9. The van der Waals surface area contributed by atoms with E-state index in [0.717, 1.165) is 17.9 Å². The number of amides is 1. The van der Waals surface area contributed by atoms with Crippen molar-refractivity contribution >= 4 is 11.6 Å². The van der Waals surface area contributed by atoms with Crippen LogP contribution in [0, 0.1) is 0 Å². The Bertz CT molecular complexity index is 434. The molecule has 1 heterocycles. The fourth-order valence-corrected chi connectivity index (χ4v) is 1.77. The Hall–Kier alpha value is -1.75. The van der Waals surface area contributed by atoms with Crippen LogP contribution < -0.4 is 19.7 Å². The van der Waals surface area contributed by atoms with Crippen LogP contribution in [0.2, 0.25) is 0 Å². The lowest BCUT2D eigenvalue weighted by atomic mass is 10.2. The fraction of sp³-hybridized carbons (Fsp3) is 0.462. The molecule has 1 N–H and O–H groups in total. The van der Waals surface area contributed by atoms with Gasteiger partial charge in [0, 0.05) is 25.2 Å². The Kier molecular flexibility index (Phi) is 4.04. The highest BCUT2D eigenvalue weighted by Crippen LogP contribution is 2.33. The molecular formula is C13H18N2O3. The lowest BCUT2D eigenvalue weighted by Gasteiger charge is -2.18. The van der Waals surface area contributed by atoms with Gasteiger partial charge in [-0.25, -0.2) is 0 Å². The van der Waals surface area contributed by atoms with Crippen LogP contribution in [0.15, 0.2) is 18.2 Å². The minimum atomic E-state index is 0.00647. The molecule has 0 bridgehead atoms. The number of benzene rings is 1. The molecule has 0 fully saturated rings. The number of nitrogens with zero attached hydrogens (tertiary/aromatic N) is 1. The summed E-state index contributed by atoms with van der Waals surface area (Å²) in [7, 11) is 3.50. The highest BCUT2D eigenvalue weighted by molar-refractivity contribution is 5.94. The second-order valence-electron chi connectivity index (χ2n) is 4.16. The van der Waals surface area contributed by atoms with Crippen LogP contribution in [-0.4, -0.2) is 39.8 Å². The maximum absolute atomic E-state index is 11.8. The highest BCUT2D eigenvalue weighted by Gasteiger charge is 2.15. The second-order valence-corrected chi connectivity index (χ2v) is 4.16. The summed E-state index contributed by atoms with van der Waals surface area (Å²) in [4.78, 5) is 13.4. The van der Waals surface area contributed by atoms with Crippen LogP contribution in [0.1, 0.15) is 6.42 Å². The van der Waals surface area contributed by atoms with Gasteiger partial charge >= 0.3 is 0 Å². The molecular weight excluding hydrogens is 232 g/mol. The molecule has 1 aromatic carbocycles. The third-order valence-electron chi connectivity index (χ3n) is 2.82. The summed E-state index contributed by atoms with van der Waals surface area (Å²) in [6.07, 6.45) is 0.874. The molecule has 0 saturated carbocycles. The van der Waals surface area contributed by atoms with Crippen LogP contribution in [0.5, 0.6) is 11.5 Å². The summed E-state index contributed by atoms with van der Waals surface area (Å²) >= 11 is 0. The van der Waals surface area contributed by atoms with E-state index in [4.69, 9.17) is 9.47 Å². The third kappa shape index (κ3) is 2.73. The number of likely N-dealkylation sites (N-methyl/N-ethyl adjacent to an activating group) is 2. The number of carbonyl (C=O) groups excluding carboxylic acids is 1. The van der Waals surface area contributed by atoms with Gasteiger partial charge in [0.1, 0.15) is 0 Å². The summed E-state index contributed by atoms with van der Waals surface area (Å²) in [5.41, 5.74) is 0.805. The second kappa shape index (κ2) is 5.73. The number of hydrogen-bond acceptors (Lipinski definition) is 4. The van der Waals surface area contributed by atoms with Crippen molar-refractivity contribution in [1.29, 1.82) is 0 Å². The van der Waals surface area contributed by atoms with E-state index in [9.17, 15) is 4.79 Å². The number of anilines is 1. The largest absolute Gasteiger partial charge is 0.490 e. The number of ether oxygens (including phenoxy) is 2. The van der Waals surface area contributed by atoms with Crippen LogP contribution >= 0.6 is 0 Å². The molecule has 5 heteroatoms. The predicted molar refractivity (Wildman–Crippen MR) is 69.4 cm³/mol. The lowest BCUT2D eigenvalue weighted by Crippen LogP contribution is -2.34. The smallest absolute Gasteiger partial charge is 0.240 e. The van der Waals surface area contributed by atoms with Crippen LogP contribution in [0.25, 0.3) is 0 Å². The Morgan fingerprint density at radius 1 is 1.33 bits per heavy atom. The van der Waals surface area contributed by atoms with Crippen molar-refractivity contribution in [2.75, 3.05) is 38.8 Å². The standard InChI is InChI=1S/C13H18N2O3/c1-14-9-13(16)15(2)10-4-5-11-12(8-10)18-7-3-6-17-11/h4-5,8,14H,3,6-7,9H2,1-2H3. The summed E-state index contributed by atoms with van der Waals surface area (Å²) in [6.45, 7) is 1.62. The molecule has 0 spiro atoms. The number of nitrogens with one attached hydrogen (secondary N) is 1. The van der Waals surface area contributed by atoms with E-state index in [1.54, 1.807) is 19.0 Å². The minimum absolute atomic E-state index is 0.00647. The first-order chi connectivity index (χ1) is 8.72. The maximum atomic E-state index is 11.8. The van der Waals surface area contributed by atoms with Crippen molar-refractivity contribution < 1.29 is 14.3 Å². The van der Waals surface area contributed by atoms with E-state index in [2.05, 4.69) is 5.32 Å². The zero-order chi connectivity index (χ0) is 13.0. The third-order valence-corrected chi connectivity index (χ3v) is 2.82. The first-order valence-electron chi connectivity index (χ1n) is 6.03. The minimum Gasteiger partial charge on any atom is -0.490 e. The average Bonchev–Trinajstić information content (AvgIpc) is 2.62. The van der Waals surface area contributed by atoms with E-state index in [1.165, 1.54) is 0 Å².